The molecule has 0 aliphatic carbocycles. The van der Waals surface area contributed by atoms with E-state index in [4.69, 9.17) is 4.74 Å². The number of carbonyl (C=O) groups is 3. The van der Waals surface area contributed by atoms with Crippen molar-refractivity contribution in [3.8, 4) is 0 Å². The largest absolute Gasteiger partial charge is 0.462 e. The van der Waals surface area contributed by atoms with Gasteiger partial charge in [-0.3, -0.25) is 14.6 Å². The maximum Gasteiger partial charge on any atom is 0.338 e. The summed E-state index contributed by atoms with van der Waals surface area (Å²) in [5.41, 5.74) is 1.67. The third kappa shape index (κ3) is 5.07. The molecule has 0 bridgehead atoms. The Balaban J connectivity index is 1.72. The van der Waals surface area contributed by atoms with Crippen molar-refractivity contribution < 1.29 is 19.1 Å². The number of nitrogens with zero attached hydrogens (tertiary/aromatic N) is 2. The van der Waals surface area contributed by atoms with Crippen molar-refractivity contribution in [2.75, 3.05) is 23.4 Å². The fourth-order valence-electron chi connectivity index (χ4n) is 2.96. The third-order valence-corrected chi connectivity index (χ3v) is 5.43. The van der Waals surface area contributed by atoms with E-state index in [1.54, 1.807) is 31.2 Å². The molecule has 1 N–H and O–H groups in total. The minimum Gasteiger partial charge on any atom is -0.462 e. The van der Waals surface area contributed by atoms with E-state index in [0.29, 0.717) is 23.0 Å². The number of thioether (sulfide) groups is 1. The monoisotopic (exact) mass is 425 g/mol. The van der Waals surface area contributed by atoms with E-state index < -0.39 is 11.2 Å². The molecule has 1 unspecified atom stereocenters. The van der Waals surface area contributed by atoms with Gasteiger partial charge in [0.1, 0.15) is 5.25 Å². The SMILES string of the molecule is CCN=C(Nc1ccccc1)SC1CC(=O)N(c2ccc(C(=O)OCC)cc2)C1=O. The van der Waals surface area contributed by atoms with Crippen LogP contribution in [0.2, 0.25) is 0 Å². The molecular weight excluding hydrogens is 402 g/mol. The quantitative estimate of drug-likeness (QED) is 0.328. The van der Waals surface area contributed by atoms with Crippen LogP contribution < -0.4 is 10.2 Å². The van der Waals surface area contributed by atoms with Crippen LogP contribution in [0.4, 0.5) is 11.4 Å². The van der Waals surface area contributed by atoms with E-state index in [-0.39, 0.29) is 24.8 Å². The van der Waals surface area contributed by atoms with Crippen molar-refractivity contribution in [3.05, 3.63) is 60.2 Å². The van der Waals surface area contributed by atoms with Crippen LogP contribution in [0.5, 0.6) is 0 Å². The second-order valence-electron chi connectivity index (χ2n) is 6.42. The number of imide groups is 1. The molecule has 0 spiro atoms. The number of ether oxygens (including phenoxy) is 1. The fourth-order valence-corrected chi connectivity index (χ4v) is 4.04. The summed E-state index contributed by atoms with van der Waals surface area (Å²) >= 11 is 1.25. The minimum absolute atomic E-state index is 0.0856. The van der Waals surface area contributed by atoms with E-state index >= 15 is 0 Å². The third-order valence-electron chi connectivity index (χ3n) is 4.32. The van der Waals surface area contributed by atoms with Crippen LogP contribution in [0.3, 0.4) is 0 Å². The zero-order valence-electron chi connectivity index (χ0n) is 16.8. The van der Waals surface area contributed by atoms with Gasteiger partial charge in [0.2, 0.25) is 11.8 Å². The Bertz CT molecular complexity index is 945. The lowest BCUT2D eigenvalue weighted by Gasteiger charge is -2.16. The average molecular weight is 426 g/mol. The van der Waals surface area contributed by atoms with Gasteiger partial charge in [0.25, 0.3) is 0 Å². The molecule has 2 aromatic carbocycles. The second kappa shape index (κ2) is 10.1. The van der Waals surface area contributed by atoms with Crippen molar-refractivity contribution in [1.29, 1.82) is 0 Å². The zero-order chi connectivity index (χ0) is 21.5. The number of amidine groups is 1. The van der Waals surface area contributed by atoms with Gasteiger partial charge in [0.05, 0.1) is 17.9 Å². The van der Waals surface area contributed by atoms with E-state index in [0.717, 1.165) is 5.69 Å². The highest BCUT2D eigenvalue weighted by Gasteiger charge is 2.40. The lowest BCUT2D eigenvalue weighted by molar-refractivity contribution is -0.121. The number of rotatable bonds is 6. The van der Waals surface area contributed by atoms with Crippen LogP contribution in [-0.2, 0) is 14.3 Å². The Kier molecular flexibility index (Phi) is 7.24. The first kappa shape index (κ1) is 21.6. The molecular formula is C22H23N3O4S. The molecule has 156 valence electrons. The Labute approximate surface area is 179 Å². The molecule has 0 saturated carbocycles. The Morgan fingerprint density at radius 2 is 1.83 bits per heavy atom. The number of hydrogen-bond donors (Lipinski definition) is 1. The molecule has 1 heterocycles. The van der Waals surface area contributed by atoms with Crippen molar-refractivity contribution in [2.24, 2.45) is 4.99 Å². The van der Waals surface area contributed by atoms with Gasteiger partial charge in [-0.15, -0.1) is 0 Å². The standard InChI is InChI=1S/C22H23N3O4S/c1-3-23-22(24-16-8-6-5-7-9-16)30-18-14-19(26)25(20(18)27)17-12-10-15(11-13-17)21(28)29-4-2/h5-13,18H,3-4,14H2,1-2H3,(H,23,24). The molecule has 2 amide bonds. The number of hydrogen-bond acceptors (Lipinski definition) is 6. The summed E-state index contributed by atoms with van der Waals surface area (Å²) in [5, 5.41) is 3.23. The Morgan fingerprint density at radius 3 is 2.47 bits per heavy atom. The number of aliphatic imine (C=N–C) groups is 1. The molecule has 8 heteroatoms. The first-order chi connectivity index (χ1) is 14.5. The first-order valence-corrected chi connectivity index (χ1v) is 10.6. The highest BCUT2D eigenvalue weighted by Crippen LogP contribution is 2.31. The van der Waals surface area contributed by atoms with E-state index in [9.17, 15) is 14.4 Å². The average Bonchev–Trinajstić information content (AvgIpc) is 3.02. The second-order valence-corrected chi connectivity index (χ2v) is 7.61. The van der Waals surface area contributed by atoms with Crippen LogP contribution >= 0.6 is 11.8 Å². The molecule has 0 aromatic heterocycles. The number of esters is 1. The van der Waals surface area contributed by atoms with Crippen molar-refractivity contribution in [3.63, 3.8) is 0 Å². The topological polar surface area (TPSA) is 88.1 Å². The summed E-state index contributed by atoms with van der Waals surface area (Å²) < 4.78 is 4.96. The number of benzene rings is 2. The number of amides is 2. The van der Waals surface area contributed by atoms with E-state index in [1.165, 1.54) is 16.7 Å². The molecule has 1 fully saturated rings. The van der Waals surface area contributed by atoms with Gasteiger partial charge in [-0.1, -0.05) is 30.0 Å². The smallest absolute Gasteiger partial charge is 0.338 e. The van der Waals surface area contributed by atoms with Gasteiger partial charge in [-0.2, -0.15) is 0 Å². The minimum atomic E-state index is -0.566. The van der Waals surface area contributed by atoms with E-state index in [2.05, 4.69) is 10.3 Å². The molecule has 1 aliphatic heterocycles. The zero-order valence-corrected chi connectivity index (χ0v) is 17.6. The van der Waals surface area contributed by atoms with Gasteiger partial charge in [-0.25, -0.2) is 9.69 Å². The van der Waals surface area contributed by atoms with Crippen LogP contribution in [0, 0.1) is 0 Å². The molecule has 1 aliphatic rings. The van der Waals surface area contributed by atoms with Crippen LogP contribution in [0.25, 0.3) is 0 Å². The number of para-hydroxylation sites is 1. The van der Waals surface area contributed by atoms with Crippen molar-refractivity contribution in [2.45, 2.75) is 25.5 Å². The summed E-state index contributed by atoms with van der Waals surface area (Å²) in [6.45, 7) is 4.47. The highest BCUT2D eigenvalue weighted by atomic mass is 32.2. The Morgan fingerprint density at radius 1 is 1.13 bits per heavy atom. The van der Waals surface area contributed by atoms with Crippen LogP contribution in [0.1, 0.15) is 30.6 Å². The highest BCUT2D eigenvalue weighted by molar-refractivity contribution is 8.15. The van der Waals surface area contributed by atoms with Gasteiger partial charge in [0.15, 0.2) is 5.17 Å². The van der Waals surface area contributed by atoms with Gasteiger partial charge >= 0.3 is 5.97 Å². The molecule has 0 radical (unpaired) electrons. The molecule has 1 saturated heterocycles. The summed E-state index contributed by atoms with van der Waals surface area (Å²) in [5.74, 6) is -1.02. The van der Waals surface area contributed by atoms with Gasteiger partial charge in [-0.05, 0) is 50.2 Å². The van der Waals surface area contributed by atoms with Gasteiger partial charge < -0.3 is 10.1 Å². The first-order valence-electron chi connectivity index (χ1n) is 9.70. The number of anilines is 2. The maximum absolute atomic E-state index is 12.9. The molecule has 3 rings (SSSR count). The fraction of sp³-hybridized carbons (Fsp3) is 0.273. The Hall–Kier alpha value is -3.13. The van der Waals surface area contributed by atoms with Gasteiger partial charge in [0, 0.05) is 18.7 Å². The molecule has 2 aromatic rings. The molecule has 1 atom stereocenters. The summed E-state index contributed by atoms with van der Waals surface area (Å²) in [6, 6.07) is 15.8. The summed E-state index contributed by atoms with van der Waals surface area (Å²) in [7, 11) is 0. The molecule has 7 nitrogen and oxygen atoms in total. The summed E-state index contributed by atoms with van der Waals surface area (Å²) in [6.07, 6.45) is 0.0856. The predicted octanol–water partition coefficient (Wildman–Crippen LogP) is 3.72. The normalized spacial score (nSPS) is 16.7. The number of carbonyl (C=O) groups excluding carboxylic acids is 3. The van der Waals surface area contributed by atoms with Crippen LogP contribution in [0.15, 0.2) is 59.6 Å². The lowest BCUT2D eigenvalue weighted by Crippen LogP contribution is -2.31. The number of nitrogens with one attached hydrogen (secondary N) is 1. The molecule has 30 heavy (non-hydrogen) atoms. The van der Waals surface area contributed by atoms with Crippen molar-refractivity contribution >= 4 is 46.1 Å². The predicted molar refractivity (Wildman–Crippen MR) is 119 cm³/mol. The lowest BCUT2D eigenvalue weighted by atomic mass is 10.2. The van der Waals surface area contributed by atoms with Crippen molar-refractivity contribution in [1.82, 2.24) is 0 Å². The maximum atomic E-state index is 12.9. The summed E-state index contributed by atoms with van der Waals surface area (Å²) in [4.78, 5) is 42.9. The van der Waals surface area contributed by atoms with Crippen LogP contribution in [-0.4, -0.2) is 41.4 Å². The van der Waals surface area contributed by atoms with E-state index in [1.807, 2.05) is 37.3 Å².